The zero-order valence-corrected chi connectivity index (χ0v) is 21.8. The van der Waals surface area contributed by atoms with Crippen molar-refractivity contribution in [1.29, 1.82) is 0 Å². The van der Waals surface area contributed by atoms with Crippen LogP contribution in [0.1, 0.15) is 82.9 Å². The molecular formula is C25H33F3N2O6. The van der Waals surface area contributed by atoms with E-state index in [1.807, 2.05) is 0 Å². The molecule has 8 nitrogen and oxygen atoms in total. The third-order valence-electron chi connectivity index (χ3n) is 5.11. The van der Waals surface area contributed by atoms with E-state index < -0.39 is 77.4 Å². The molecule has 0 aromatic heterocycles. The Morgan fingerprint density at radius 1 is 0.972 bits per heavy atom. The third-order valence-corrected chi connectivity index (χ3v) is 5.11. The van der Waals surface area contributed by atoms with Crippen LogP contribution in [0.15, 0.2) is 18.2 Å². The number of hydrogen-bond donors (Lipinski definition) is 0. The van der Waals surface area contributed by atoms with Crippen molar-refractivity contribution < 1.29 is 41.8 Å². The van der Waals surface area contributed by atoms with E-state index in [4.69, 9.17) is 9.47 Å². The van der Waals surface area contributed by atoms with Crippen molar-refractivity contribution in [2.24, 2.45) is 5.92 Å². The molecule has 2 rings (SSSR count). The van der Waals surface area contributed by atoms with Gasteiger partial charge in [0, 0.05) is 12.5 Å². The quantitative estimate of drug-likeness (QED) is 0.508. The second-order valence-electron chi connectivity index (χ2n) is 10.8. The molecular weight excluding hydrogens is 481 g/mol. The van der Waals surface area contributed by atoms with Gasteiger partial charge < -0.3 is 14.4 Å². The molecule has 1 aliphatic rings. The van der Waals surface area contributed by atoms with Crippen molar-refractivity contribution in [3.63, 3.8) is 0 Å². The number of carbonyl (C=O) groups excluding carboxylic acids is 4. The number of halogens is 3. The van der Waals surface area contributed by atoms with Crippen molar-refractivity contribution in [1.82, 2.24) is 9.80 Å². The lowest BCUT2D eigenvalue weighted by atomic mass is 9.93. The fourth-order valence-electron chi connectivity index (χ4n) is 3.65. The van der Waals surface area contributed by atoms with Crippen molar-refractivity contribution in [3.8, 4) is 0 Å². The zero-order valence-electron chi connectivity index (χ0n) is 21.8. The van der Waals surface area contributed by atoms with Crippen molar-refractivity contribution in [2.45, 2.75) is 78.8 Å². The Morgan fingerprint density at radius 3 is 1.89 bits per heavy atom. The Hall–Kier alpha value is -3.11. The van der Waals surface area contributed by atoms with Crippen LogP contribution in [0.3, 0.4) is 0 Å². The summed E-state index contributed by atoms with van der Waals surface area (Å²) in [5.74, 6) is -2.08. The Bertz CT molecular complexity index is 1010. The summed E-state index contributed by atoms with van der Waals surface area (Å²) in [5, 5.41) is 0. The molecule has 11 heteroatoms. The number of carbonyl (C=O) groups is 4. The van der Waals surface area contributed by atoms with E-state index in [1.54, 1.807) is 55.4 Å². The largest absolute Gasteiger partial charge is 0.443 e. The summed E-state index contributed by atoms with van der Waals surface area (Å²) < 4.78 is 51.6. The number of nitrogens with zero attached hydrogens (tertiary/aromatic N) is 2. The number of alkyl halides is 3. The summed E-state index contributed by atoms with van der Waals surface area (Å²) >= 11 is 0. The first-order valence-corrected chi connectivity index (χ1v) is 11.5. The topological polar surface area (TPSA) is 93.2 Å². The molecule has 0 spiro atoms. The number of ether oxygens (including phenoxy) is 2. The summed E-state index contributed by atoms with van der Waals surface area (Å²) in [5.41, 5.74) is -3.74. The first-order valence-electron chi connectivity index (χ1n) is 11.5. The predicted octanol–water partition coefficient (Wildman–Crippen LogP) is 5.60. The Labute approximate surface area is 208 Å². The monoisotopic (exact) mass is 514 g/mol. The van der Waals surface area contributed by atoms with E-state index >= 15 is 0 Å². The molecule has 200 valence electrons. The van der Waals surface area contributed by atoms with E-state index in [1.165, 1.54) is 6.07 Å². The highest BCUT2D eigenvalue weighted by Crippen LogP contribution is 2.42. The van der Waals surface area contributed by atoms with E-state index in [0.29, 0.717) is 4.90 Å². The maximum Gasteiger partial charge on any atom is 0.419 e. The SMILES string of the molecule is CC(C)C(=O)C1c2cccc(C(F)(F)F)c2C(=O)N1CCN(C(=O)OC(C)(C)C)C(=O)OC(C)(C)C. The van der Waals surface area contributed by atoms with Crippen LogP contribution in [0.25, 0.3) is 0 Å². The van der Waals surface area contributed by atoms with Gasteiger partial charge in [-0.1, -0.05) is 26.0 Å². The number of amides is 3. The molecule has 1 unspecified atom stereocenters. The second kappa shape index (κ2) is 10.1. The molecule has 1 aromatic carbocycles. The summed E-state index contributed by atoms with van der Waals surface area (Å²) in [6.07, 6.45) is -6.92. The number of imide groups is 1. The van der Waals surface area contributed by atoms with Gasteiger partial charge in [0.25, 0.3) is 5.91 Å². The Balaban J connectivity index is 2.47. The van der Waals surface area contributed by atoms with Crippen LogP contribution in [-0.2, 0) is 20.4 Å². The number of fused-ring (bicyclic) bond motifs is 1. The third kappa shape index (κ3) is 6.76. The van der Waals surface area contributed by atoms with E-state index in [9.17, 15) is 32.3 Å². The molecule has 0 fully saturated rings. The molecule has 1 heterocycles. The summed E-state index contributed by atoms with van der Waals surface area (Å²) in [6, 6.07) is 1.94. The first-order chi connectivity index (χ1) is 16.2. The highest BCUT2D eigenvalue weighted by molar-refractivity contribution is 6.06. The van der Waals surface area contributed by atoms with Crippen LogP contribution in [0.2, 0.25) is 0 Å². The molecule has 0 radical (unpaired) electrons. The second-order valence-corrected chi connectivity index (χ2v) is 10.8. The van der Waals surface area contributed by atoms with Gasteiger partial charge in [0.15, 0.2) is 5.78 Å². The Kier molecular flexibility index (Phi) is 8.17. The summed E-state index contributed by atoms with van der Waals surface area (Å²) in [6.45, 7) is 11.8. The fraction of sp³-hybridized carbons (Fsp3) is 0.600. The highest BCUT2D eigenvalue weighted by atomic mass is 19.4. The van der Waals surface area contributed by atoms with Gasteiger partial charge in [-0.3, -0.25) is 9.59 Å². The molecule has 36 heavy (non-hydrogen) atoms. The van der Waals surface area contributed by atoms with Crippen LogP contribution in [0.4, 0.5) is 22.8 Å². The molecule has 0 saturated heterocycles. The molecule has 3 amide bonds. The summed E-state index contributed by atoms with van der Waals surface area (Å²) in [7, 11) is 0. The van der Waals surface area contributed by atoms with Gasteiger partial charge in [-0.25, -0.2) is 14.5 Å². The molecule has 1 aliphatic heterocycles. The lowest BCUT2D eigenvalue weighted by Gasteiger charge is -2.31. The molecule has 0 saturated carbocycles. The lowest BCUT2D eigenvalue weighted by Crippen LogP contribution is -2.47. The van der Waals surface area contributed by atoms with E-state index in [-0.39, 0.29) is 5.56 Å². The van der Waals surface area contributed by atoms with Gasteiger partial charge >= 0.3 is 18.4 Å². The first kappa shape index (κ1) is 29.1. The van der Waals surface area contributed by atoms with Crippen LogP contribution >= 0.6 is 0 Å². The molecule has 1 atom stereocenters. The van der Waals surface area contributed by atoms with Crippen LogP contribution in [-0.4, -0.2) is 58.0 Å². The lowest BCUT2D eigenvalue weighted by molar-refractivity contribution is -0.138. The van der Waals surface area contributed by atoms with Gasteiger partial charge in [0.1, 0.15) is 17.2 Å². The van der Waals surface area contributed by atoms with Crippen LogP contribution in [0.5, 0.6) is 0 Å². The number of hydrogen-bond acceptors (Lipinski definition) is 6. The molecule has 1 aromatic rings. The average molecular weight is 515 g/mol. The van der Waals surface area contributed by atoms with Gasteiger partial charge in [-0.15, -0.1) is 0 Å². The van der Waals surface area contributed by atoms with E-state index in [0.717, 1.165) is 17.0 Å². The maximum atomic E-state index is 13.7. The Morgan fingerprint density at radius 2 is 1.47 bits per heavy atom. The minimum absolute atomic E-state index is 0.0605. The van der Waals surface area contributed by atoms with Crippen LogP contribution < -0.4 is 0 Å². The summed E-state index contributed by atoms with van der Waals surface area (Å²) in [4.78, 5) is 53.4. The van der Waals surface area contributed by atoms with Gasteiger partial charge in [-0.2, -0.15) is 13.2 Å². The number of ketones is 1. The molecule has 0 bridgehead atoms. The van der Waals surface area contributed by atoms with Gasteiger partial charge in [-0.05, 0) is 53.2 Å². The van der Waals surface area contributed by atoms with Crippen molar-refractivity contribution in [2.75, 3.05) is 13.1 Å². The smallest absolute Gasteiger partial charge is 0.419 e. The molecule has 0 aliphatic carbocycles. The van der Waals surface area contributed by atoms with Crippen molar-refractivity contribution in [3.05, 3.63) is 34.9 Å². The minimum Gasteiger partial charge on any atom is -0.443 e. The zero-order chi connectivity index (χ0) is 27.8. The number of benzene rings is 1. The van der Waals surface area contributed by atoms with Crippen molar-refractivity contribution >= 4 is 23.9 Å². The maximum absolute atomic E-state index is 13.7. The standard InChI is InChI=1S/C25H33F3N2O6/c1-14(2)19(31)18-15-10-9-11-16(25(26,27)28)17(15)20(32)29(18)12-13-30(21(33)35-23(3,4)5)22(34)36-24(6,7)8/h9-11,14,18H,12-13H2,1-8H3. The molecule has 0 N–H and O–H groups in total. The fourth-order valence-corrected chi connectivity index (χ4v) is 3.65. The van der Waals surface area contributed by atoms with Gasteiger partial charge in [0.05, 0.1) is 17.7 Å². The average Bonchev–Trinajstić information content (AvgIpc) is 2.96. The normalized spacial score (nSPS) is 16.2. The van der Waals surface area contributed by atoms with Crippen LogP contribution in [0, 0.1) is 5.92 Å². The highest BCUT2D eigenvalue weighted by Gasteiger charge is 2.47. The van der Waals surface area contributed by atoms with E-state index in [2.05, 4.69) is 0 Å². The number of Topliss-reactive ketones (excluding diaryl/α,β-unsaturated/α-hetero) is 1. The number of rotatable bonds is 5. The van der Waals surface area contributed by atoms with Gasteiger partial charge in [0.2, 0.25) is 0 Å². The minimum atomic E-state index is -4.82. The predicted molar refractivity (Wildman–Crippen MR) is 124 cm³/mol.